The van der Waals surface area contributed by atoms with E-state index in [9.17, 15) is 40.8 Å². The van der Waals surface area contributed by atoms with Crippen LogP contribution in [-0.2, 0) is 12.7 Å². The summed E-state index contributed by atoms with van der Waals surface area (Å²) in [5, 5.41) is 18.7. The minimum atomic E-state index is -6.51. The van der Waals surface area contributed by atoms with E-state index in [1.807, 2.05) is 6.07 Å². The predicted molar refractivity (Wildman–Crippen MR) is 115 cm³/mol. The van der Waals surface area contributed by atoms with Crippen LogP contribution >= 0.6 is 11.6 Å². The first-order chi connectivity index (χ1) is 18.0. The van der Waals surface area contributed by atoms with Gasteiger partial charge in [-0.05, 0) is 30.5 Å². The summed E-state index contributed by atoms with van der Waals surface area (Å²) in [6, 6.07) is 5.85. The average molecular weight is 581 g/mol. The number of amides is 1. The van der Waals surface area contributed by atoms with Gasteiger partial charge < -0.3 is 10.1 Å². The zero-order chi connectivity index (χ0) is 28.7. The Balaban J connectivity index is 1.61. The molecule has 3 heterocycles. The molecule has 1 saturated carbocycles. The Bertz CT molecular complexity index is 1540. The van der Waals surface area contributed by atoms with Crippen molar-refractivity contribution < 1.29 is 44.7 Å². The summed E-state index contributed by atoms with van der Waals surface area (Å²) >= 11 is 6.13. The molecule has 8 nitrogen and oxygen atoms in total. The van der Waals surface area contributed by atoms with Gasteiger partial charge in [0.2, 0.25) is 0 Å². The highest BCUT2D eigenvalue weighted by Gasteiger charge is 2.76. The summed E-state index contributed by atoms with van der Waals surface area (Å²) in [5.41, 5.74) is -9.76. The third-order valence-electron chi connectivity index (χ3n) is 6.36. The molecule has 39 heavy (non-hydrogen) atoms. The van der Waals surface area contributed by atoms with Crippen molar-refractivity contribution in [3.05, 3.63) is 46.4 Å². The summed E-state index contributed by atoms with van der Waals surface area (Å²) in [6.45, 7) is 0. The number of ether oxygens (including phenoxy) is 1. The van der Waals surface area contributed by atoms with E-state index in [0.717, 1.165) is 13.2 Å². The van der Waals surface area contributed by atoms with Gasteiger partial charge >= 0.3 is 18.0 Å². The molecule has 1 atom stereocenters. The van der Waals surface area contributed by atoms with E-state index in [1.54, 1.807) is 0 Å². The second-order valence-corrected chi connectivity index (χ2v) is 9.32. The van der Waals surface area contributed by atoms with Crippen LogP contribution in [0.25, 0.3) is 16.9 Å². The van der Waals surface area contributed by atoms with E-state index in [-0.39, 0.29) is 21.7 Å². The lowest BCUT2D eigenvalue weighted by Crippen LogP contribution is -2.51. The highest BCUT2D eigenvalue weighted by molar-refractivity contribution is 6.34. The number of nitrogens with zero attached hydrogens (tertiary/aromatic N) is 5. The van der Waals surface area contributed by atoms with Gasteiger partial charge in [0.25, 0.3) is 12.3 Å². The van der Waals surface area contributed by atoms with Crippen LogP contribution < -0.4 is 10.1 Å². The third-order valence-corrected chi connectivity index (χ3v) is 6.69. The zero-order valence-electron chi connectivity index (χ0n) is 19.3. The summed E-state index contributed by atoms with van der Waals surface area (Å²) in [6.07, 6.45) is -13.9. The van der Waals surface area contributed by atoms with Gasteiger partial charge in [-0.2, -0.15) is 46.2 Å². The minimum absolute atomic E-state index is 0.0174. The largest absolute Gasteiger partial charge is 0.448 e. The molecule has 5 rings (SSSR count). The molecule has 2 aromatic heterocycles. The molecule has 0 saturated heterocycles. The second kappa shape index (κ2) is 8.31. The number of nitriles is 1. The molecule has 0 radical (unpaired) electrons. The van der Waals surface area contributed by atoms with Gasteiger partial charge in [-0.15, -0.1) is 0 Å². The van der Waals surface area contributed by atoms with E-state index in [0.29, 0.717) is 22.2 Å². The molecule has 0 bridgehead atoms. The van der Waals surface area contributed by atoms with Gasteiger partial charge in [-0.1, -0.05) is 17.7 Å². The standard InChI is InChI=1S/C22H13ClF8N6O2/c1-36-18-14(15(35-36)20(25,21(26,27)28)22(29,30)31)39-16(24)13-11(7-33-37(13)18)9-2-3-12(23)10(6-9)17(38)34-19(8-32)4-5-19/h2-3,6-7,16H,4-5H2,1H3,(H,34,38). The van der Waals surface area contributed by atoms with Gasteiger partial charge in [0.1, 0.15) is 11.2 Å². The van der Waals surface area contributed by atoms with Crippen LogP contribution in [0.15, 0.2) is 24.4 Å². The third kappa shape index (κ3) is 3.89. The van der Waals surface area contributed by atoms with Crippen LogP contribution in [0.1, 0.15) is 40.9 Å². The molecule has 1 amide bonds. The number of aryl methyl sites for hydroxylation is 1. The quantitative estimate of drug-likeness (QED) is 0.419. The number of alkyl halides is 8. The van der Waals surface area contributed by atoms with E-state index < -0.39 is 58.8 Å². The Morgan fingerprint density at radius 2 is 1.85 bits per heavy atom. The van der Waals surface area contributed by atoms with E-state index >= 15 is 4.39 Å². The van der Waals surface area contributed by atoms with Crippen LogP contribution in [0, 0.1) is 11.3 Å². The van der Waals surface area contributed by atoms with Gasteiger partial charge in [0, 0.05) is 12.6 Å². The van der Waals surface area contributed by atoms with E-state index in [4.69, 9.17) is 16.3 Å². The number of nitrogens with one attached hydrogen (secondary N) is 1. The Morgan fingerprint density at radius 1 is 1.21 bits per heavy atom. The molecule has 1 aromatic carbocycles. The van der Waals surface area contributed by atoms with Gasteiger partial charge in [-0.25, -0.2) is 13.8 Å². The molecule has 1 unspecified atom stereocenters. The molecule has 2 aliphatic rings. The summed E-state index contributed by atoms with van der Waals surface area (Å²) in [7, 11) is 0.899. The Kier molecular flexibility index (Phi) is 5.70. The van der Waals surface area contributed by atoms with E-state index in [1.165, 1.54) is 18.2 Å². The van der Waals surface area contributed by atoms with Crippen molar-refractivity contribution in [3.63, 3.8) is 0 Å². The first kappa shape index (κ1) is 26.7. The highest BCUT2D eigenvalue weighted by atomic mass is 35.5. The Morgan fingerprint density at radius 3 is 2.41 bits per heavy atom. The molecular formula is C22H13ClF8N6O2. The topological polar surface area (TPSA) is 97.8 Å². The van der Waals surface area contributed by atoms with Crippen LogP contribution in [0.5, 0.6) is 5.75 Å². The van der Waals surface area contributed by atoms with Gasteiger partial charge in [-0.3, -0.25) is 4.79 Å². The molecule has 1 fully saturated rings. The van der Waals surface area contributed by atoms with Gasteiger partial charge in [0.05, 0.1) is 22.9 Å². The number of carbonyl (C=O) groups is 1. The van der Waals surface area contributed by atoms with Crippen LogP contribution in [0.3, 0.4) is 0 Å². The zero-order valence-corrected chi connectivity index (χ0v) is 20.0. The van der Waals surface area contributed by atoms with Crippen molar-refractivity contribution in [2.24, 2.45) is 7.05 Å². The first-order valence-electron chi connectivity index (χ1n) is 10.9. The summed E-state index contributed by atoms with van der Waals surface area (Å²) < 4.78 is 116. The number of carbonyl (C=O) groups excluding carboxylic acids is 1. The lowest BCUT2D eigenvalue weighted by atomic mass is 9.99. The van der Waals surface area contributed by atoms with Crippen molar-refractivity contribution in [3.8, 4) is 28.8 Å². The molecule has 1 aliphatic heterocycles. The fourth-order valence-electron chi connectivity index (χ4n) is 4.16. The van der Waals surface area contributed by atoms with Crippen molar-refractivity contribution in [2.75, 3.05) is 0 Å². The van der Waals surface area contributed by atoms with Crippen molar-refractivity contribution in [1.82, 2.24) is 24.9 Å². The molecule has 17 heteroatoms. The maximum atomic E-state index is 15.3. The molecule has 0 spiro atoms. The molecule has 1 N–H and O–H groups in total. The molecule has 206 valence electrons. The predicted octanol–water partition coefficient (Wildman–Crippen LogP) is 5.36. The first-order valence-corrected chi connectivity index (χ1v) is 11.2. The normalized spacial score (nSPS) is 18.0. The van der Waals surface area contributed by atoms with Crippen molar-refractivity contribution >= 4 is 17.5 Å². The number of hydrogen-bond acceptors (Lipinski definition) is 5. The Hall–Kier alpha value is -3.87. The van der Waals surface area contributed by atoms with E-state index in [2.05, 4.69) is 15.5 Å². The number of halogens is 9. The molecule has 3 aromatic rings. The number of benzene rings is 1. The summed E-state index contributed by atoms with van der Waals surface area (Å²) in [4.78, 5) is 12.7. The Labute approximate surface area is 217 Å². The fraction of sp³-hybridized carbons (Fsp3) is 0.364. The molecular weight excluding hydrogens is 568 g/mol. The van der Waals surface area contributed by atoms with Gasteiger partial charge in [0.15, 0.2) is 17.3 Å². The SMILES string of the molecule is Cn1nc(C(F)(C(F)(F)F)C(F)(F)F)c2c1-n1ncc(-c3ccc(Cl)c(C(=O)NC4(C#N)CC4)c3)c1C(F)O2. The maximum absolute atomic E-state index is 15.3. The molecule has 1 aliphatic carbocycles. The van der Waals surface area contributed by atoms with Crippen LogP contribution in [-0.4, -0.2) is 43.4 Å². The smallest absolute Gasteiger partial charge is 0.437 e. The van der Waals surface area contributed by atoms with Crippen LogP contribution in [0.2, 0.25) is 5.02 Å². The lowest BCUT2D eigenvalue weighted by Gasteiger charge is -2.30. The number of hydrogen-bond donors (Lipinski definition) is 1. The second-order valence-electron chi connectivity index (χ2n) is 8.91. The monoisotopic (exact) mass is 580 g/mol. The number of fused-ring (bicyclic) bond motifs is 3. The number of rotatable bonds is 4. The maximum Gasteiger partial charge on any atom is 0.437 e. The highest BCUT2D eigenvalue weighted by Crippen LogP contribution is 2.57. The van der Waals surface area contributed by atoms with Crippen molar-refractivity contribution in [2.45, 2.75) is 42.8 Å². The van der Waals surface area contributed by atoms with Crippen LogP contribution in [0.4, 0.5) is 35.1 Å². The fourth-order valence-corrected chi connectivity index (χ4v) is 4.36. The minimum Gasteiger partial charge on any atom is -0.448 e. The number of aromatic nitrogens is 4. The van der Waals surface area contributed by atoms with Crippen molar-refractivity contribution in [1.29, 1.82) is 5.26 Å². The average Bonchev–Trinajstić information content (AvgIpc) is 3.33. The lowest BCUT2D eigenvalue weighted by molar-refractivity contribution is -0.350. The summed E-state index contributed by atoms with van der Waals surface area (Å²) in [5.74, 6) is -2.84.